The van der Waals surface area contributed by atoms with E-state index < -0.39 is 0 Å². The summed E-state index contributed by atoms with van der Waals surface area (Å²) in [5, 5.41) is 0. The average molecular weight is 179 g/mol. The molecule has 1 heterocycles. The first kappa shape index (κ1) is 8.75. The molecule has 1 aromatic rings. The van der Waals surface area contributed by atoms with Crippen LogP contribution in [0.1, 0.15) is 37.9 Å². The number of hydrogen-bond acceptors (Lipinski definition) is 2. The quantitative estimate of drug-likeness (QED) is 0.764. The zero-order valence-corrected chi connectivity index (χ0v) is 8.11. The molecule has 1 aliphatic carbocycles. The van der Waals surface area contributed by atoms with Crippen LogP contribution in [-0.4, -0.2) is 15.6 Å². The zero-order chi connectivity index (χ0) is 9.26. The summed E-state index contributed by atoms with van der Waals surface area (Å²) in [6.07, 6.45) is 7.47. The van der Waals surface area contributed by atoms with Gasteiger partial charge < -0.3 is 10.3 Å². The SMILES string of the molecule is CCCn1ccnc1C1CCC1N. The van der Waals surface area contributed by atoms with Gasteiger partial charge in [-0.1, -0.05) is 6.92 Å². The molecule has 2 unspecified atom stereocenters. The molecule has 1 aliphatic rings. The van der Waals surface area contributed by atoms with Crippen molar-refractivity contribution in [3.05, 3.63) is 18.2 Å². The molecule has 0 aliphatic heterocycles. The topological polar surface area (TPSA) is 43.8 Å². The van der Waals surface area contributed by atoms with Crippen LogP contribution < -0.4 is 5.73 Å². The molecule has 0 spiro atoms. The summed E-state index contributed by atoms with van der Waals surface area (Å²) in [4.78, 5) is 4.39. The second-order valence-electron chi connectivity index (χ2n) is 3.83. The maximum absolute atomic E-state index is 5.93. The fourth-order valence-corrected chi connectivity index (χ4v) is 1.93. The third-order valence-electron chi connectivity index (χ3n) is 2.87. The Bertz CT molecular complexity index is 279. The number of nitrogens with two attached hydrogens (primary N) is 1. The highest BCUT2D eigenvalue weighted by Crippen LogP contribution is 2.34. The van der Waals surface area contributed by atoms with E-state index in [4.69, 9.17) is 5.73 Å². The van der Waals surface area contributed by atoms with E-state index in [-0.39, 0.29) is 0 Å². The fraction of sp³-hybridized carbons (Fsp3) is 0.700. The first-order valence-electron chi connectivity index (χ1n) is 5.09. The summed E-state index contributed by atoms with van der Waals surface area (Å²) < 4.78 is 2.24. The maximum atomic E-state index is 5.93. The van der Waals surface area contributed by atoms with Crippen LogP contribution in [0.15, 0.2) is 12.4 Å². The van der Waals surface area contributed by atoms with E-state index in [1.54, 1.807) is 0 Å². The second-order valence-corrected chi connectivity index (χ2v) is 3.83. The van der Waals surface area contributed by atoms with Crippen molar-refractivity contribution in [1.82, 2.24) is 9.55 Å². The molecule has 0 bridgehead atoms. The molecular weight excluding hydrogens is 162 g/mol. The minimum absolute atomic E-state index is 0.345. The van der Waals surface area contributed by atoms with E-state index in [0.29, 0.717) is 12.0 Å². The first-order valence-corrected chi connectivity index (χ1v) is 5.09. The molecule has 1 aromatic heterocycles. The van der Waals surface area contributed by atoms with Crippen molar-refractivity contribution in [3.8, 4) is 0 Å². The van der Waals surface area contributed by atoms with E-state index in [1.165, 1.54) is 12.2 Å². The van der Waals surface area contributed by atoms with Gasteiger partial charge in [0.25, 0.3) is 0 Å². The molecule has 13 heavy (non-hydrogen) atoms. The van der Waals surface area contributed by atoms with Crippen LogP contribution in [0.3, 0.4) is 0 Å². The normalized spacial score (nSPS) is 27.2. The Morgan fingerprint density at radius 1 is 1.62 bits per heavy atom. The van der Waals surface area contributed by atoms with Gasteiger partial charge in [0.15, 0.2) is 0 Å². The summed E-state index contributed by atoms with van der Waals surface area (Å²) in [6.45, 7) is 3.25. The number of aromatic nitrogens is 2. The third-order valence-corrected chi connectivity index (χ3v) is 2.87. The lowest BCUT2D eigenvalue weighted by Crippen LogP contribution is -2.38. The standard InChI is InChI=1S/C10H17N3/c1-2-6-13-7-5-12-10(13)8-3-4-9(8)11/h5,7-9H,2-4,6,11H2,1H3. The molecular formula is C10H17N3. The summed E-state index contributed by atoms with van der Waals surface area (Å²) in [5.74, 6) is 1.71. The van der Waals surface area contributed by atoms with Crippen molar-refractivity contribution < 1.29 is 0 Å². The minimum Gasteiger partial charge on any atom is -0.335 e. The third kappa shape index (κ3) is 1.48. The highest BCUT2D eigenvalue weighted by atomic mass is 15.1. The zero-order valence-electron chi connectivity index (χ0n) is 8.11. The lowest BCUT2D eigenvalue weighted by molar-refractivity contribution is 0.323. The Morgan fingerprint density at radius 2 is 2.46 bits per heavy atom. The Hall–Kier alpha value is -0.830. The van der Waals surface area contributed by atoms with E-state index >= 15 is 0 Å². The van der Waals surface area contributed by atoms with Crippen LogP contribution in [0.25, 0.3) is 0 Å². The van der Waals surface area contributed by atoms with E-state index in [0.717, 1.165) is 19.4 Å². The number of nitrogens with zero attached hydrogens (tertiary/aromatic N) is 2. The van der Waals surface area contributed by atoms with Gasteiger partial charge in [-0.2, -0.15) is 0 Å². The Balaban J connectivity index is 2.14. The smallest absolute Gasteiger partial charge is 0.113 e. The molecule has 72 valence electrons. The van der Waals surface area contributed by atoms with Gasteiger partial charge in [0.1, 0.15) is 5.82 Å². The molecule has 2 rings (SSSR count). The van der Waals surface area contributed by atoms with Gasteiger partial charge in [-0.05, 0) is 19.3 Å². The predicted molar refractivity (Wildman–Crippen MR) is 52.5 cm³/mol. The lowest BCUT2D eigenvalue weighted by Gasteiger charge is -2.33. The van der Waals surface area contributed by atoms with Gasteiger partial charge in [-0.3, -0.25) is 0 Å². The summed E-state index contributed by atoms with van der Waals surface area (Å²) in [7, 11) is 0. The lowest BCUT2D eigenvalue weighted by atomic mass is 9.79. The van der Waals surface area contributed by atoms with Crippen molar-refractivity contribution in [2.75, 3.05) is 0 Å². The van der Waals surface area contributed by atoms with Gasteiger partial charge in [-0.25, -0.2) is 4.98 Å². The first-order chi connectivity index (χ1) is 6.33. The van der Waals surface area contributed by atoms with Crippen LogP contribution in [0.2, 0.25) is 0 Å². The number of imidazole rings is 1. The molecule has 1 saturated carbocycles. The van der Waals surface area contributed by atoms with Crippen molar-refractivity contribution in [3.63, 3.8) is 0 Å². The number of aryl methyl sites for hydroxylation is 1. The van der Waals surface area contributed by atoms with Gasteiger partial charge in [0.05, 0.1) is 0 Å². The van der Waals surface area contributed by atoms with E-state index in [2.05, 4.69) is 22.7 Å². The molecule has 0 radical (unpaired) electrons. The van der Waals surface area contributed by atoms with E-state index in [9.17, 15) is 0 Å². The summed E-state index contributed by atoms with van der Waals surface area (Å²) in [5.41, 5.74) is 5.93. The fourth-order valence-electron chi connectivity index (χ4n) is 1.93. The summed E-state index contributed by atoms with van der Waals surface area (Å²) in [6, 6.07) is 0.345. The number of hydrogen-bond donors (Lipinski definition) is 1. The highest BCUT2D eigenvalue weighted by Gasteiger charge is 2.31. The predicted octanol–water partition coefficient (Wildman–Crippen LogP) is 1.50. The minimum atomic E-state index is 0.345. The van der Waals surface area contributed by atoms with Gasteiger partial charge in [0, 0.05) is 30.9 Å². The van der Waals surface area contributed by atoms with E-state index in [1.807, 2.05) is 6.20 Å². The van der Waals surface area contributed by atoms with Crippen LogP contribution >= 0.6 is 0 Å². The van der Waals surface area contributed by atoms with Crippen molar-refractivity contribution in [2.45, 2.75) is 44.7 Å². The Morgan fingerprint density at radius 3 is 3.00 bits per heavy atom. The van der Waals surface area contributed by atoms with Crippen LogP contribution in [0, 0.1) is 0 Å². The molecule has 2 N–H and O–H groups in total. The second kappa shape index (κ2) is 3.50. The monoisotopic (exact) mass is 179 g/mol. The van der Waals surface area contributed by atoms with Crippen LogP contribution in [-0.2, 0) is 6.54 Å². The van der Waals surface area contributed by atoms with Crippen molar-refractivity contribution >= 4 is 0 Å². The highest BCUT2D eigenvalue weighted by molar-refractivity contribution is 5.09. The number of rotatable bonds is 3. The molecule has 0 saturated heterocycles. The van der Waals surface area contributed by atoms with Crippen LogP contribution in [0.4, 0.5) is 0 Å². The molecule has 1 fully saturated rings. The Labute approximate surface area is 79.0 Å². The Kier molecular flexibility index (Phi) is 2.36. The molecule has 0 amide bonds. The maximum Gasteiger partial charge on any atom is 0.113 e. The van der Waals surface area contributed by atoms with Crippen molar-refractivity contribution in [2.24, 2.45) is 5.73 Å². The summed E-state index contributed by atoms with van der Waals surface area (Å²) >= 11 is 0. The van der Waals surface area contributed by atoms with Crippen molar-refractivity contribution in [1.29, 1.82) is 0 Å². The average Bonchev–Trinajstić information content (AvgIpc) is 2.52. The van der Waals surface area contributed by atoms with Crippen LogP contribution in [0.5, 0.6) is 0 Å². The van der Waals surface area contributed by atoms with Gasteiger partial charge in [-0.15, -0.1) is 0 Å². The van der Waals surface area contributed by atoms with Gasteiger partial charge >= 0.3 is 0 Å². The molecule has 0 aromatic carbocycles. The molecule has 3 heteroatoms. The molecule has 2 atom stereocenters. The largest absolute Gasteiger partial charge is 0.335 e. The molecule has 3 nitrogen and oxygen atoms in total. The van der Waals surface area contributed by atoms with Gasteiger partial charge in [0.2, 0.25) is 0 Å².